The third-order valence-corrected chi connectivity index (χ3v) is 3.57. The summed E-state index contributed by atoms with van der Waals surface area (Å²) < 4.78 is 10.4. The molecule has 0 spiro atoms. The predicted molar refractivity (Wildman–Crippen MR) is 94.1 cm³/mol. The lowest BCUT2D eigenvalue weighted by molar-refractivity contribution is 0.415. The second-order valence-corrected chi connectivity index (χ2v) is 5.53. The number of benzene rings is 1. The van der Waals surface area contributed by atoms with Crippen molar-refractivity contribution in [1.29, 1.82) is 0 Å². The summed E-state index contributed by atoms with van der Waals surface area (Å²) in [6.45, 7) is 2.43. The highest BCUT2D eigenvalue weighted by atomic mass is 35.5. The number of aryl methyl sites for hydroxylation is 1. The van der Waals surface area contributed by atoms with E-state index in [0.29, 0.717) is 29.1 Å². The number of aromatic nitrogens is 2. The summed E-state index contributed by atoms with van der Waals surface area (Å²) in [6, 6.07) is 11.0. The molecule has 0 aliphatic rings. The fraction of sp³-hybridized carbons (Fsp3) is 0.176. The number of ether oxygens (including phenoxy) is 1. The van der Waals surface area contributed by atoms with Gasteiger partial charge >= 0.3 is 0 Å². The maximum absolute atomic E-state index is 6.14. The molecule has 0 saturated heterocycles. The van der Waals surface area contributed by atoms with Crippen molar-refractivity contribution in [3.05, 3.63) is 59.1 Å². The maximum Gasteiger partial charge on any atom is 0.225 e. The van der Waals surface area contributed by atoms with Crippen LogP contribution in [0.15, 0.2) is 47.1 Å². The molecule has 6 nitrogen and oxygen atoms in total. The van der Waals surface area contributed by atoms with Crippen LogP contribution in [0.2, 0.25) is 5.02 Å². The van der Waals surface area contributed by atoms with Crippen LogP contribution in [-0.4, -0.2) is 17.1 Å². The molecule has 24 heavy (non-hydrogen) atoms. The van der Waals surface area contributed by atoms with Crippen molar-refractivity contribution in [3.63, 3.8) is 0 Å². The van der Waals surface area contributed by atoms with E-state index in [9.17, 15) is 0 Å². The summed E-state index contributed by atoms with van der Waals surface area (Å²) in [4.78, 5) is 8.82. The molecule has 0 radical (unpaired) electrons. The Bertz CT molecular complexity index is 821. The van der Waals surface area contributed by atoms with Gasteiger partial charge in [-0.05, 0) is 37.3 Å². The molecular formula is C17H17ClN4O2. The van der Waals surface area contributed by atoms with E-state index in [0.717, 1.165) is 17.1 Å². The van der Waals surface area contributed by atoms with E-state index in [-0.39, 0.29) is 0 Å². The Morgan fingerprint density at radius 3 is 2.79 bits per heavy atom. The molecule has 0 fully saturated rings. The molecule has 124 valence electrons. The minimum absolute atomic E-state index is 0.518. The van der Waals surface area contributed by atoms with Gasteiger partial charge in [0.15, 0.2) is 0 Å². The number of hydrogen-bond acceptors (Lipinski definition) is 6. The number of halogens is 1. The highest BCUT2D eigenvalue weighted by Gasteiger charge is 2.06. The molecule has 1 aromatic carbocycles. The Morgan fingerprint density at radius 2 is 2.08 bits per heavy atom. The van der Waals surface area contributed by atoms with Gasteiger partial charge in [-0.15, -0.1) is 0 Å². The molecule has 0 aliphatic heterocycles. The molecule has 0 unspecified atom stereocenters. The third kappa shape index (κ3) is 3.97. The number of anilines is 3. The first kappa shape index (κ1) is 16.1. The van der Waals surface area contributed by atoms with E-state index >= 15 is 0 Å². The summed E-state index contributed by atoms with van der Waals surface area (Å²) in [7, 11) is 1.58. The normalized spacial score (nSPS) is 10.5. The van der Waals surface area contributed by atoms with Crippen LogP contribution in [-0.2, 0) is 6.54 Å². The largest absolute Gasteiger partial charge is 0.495 e. The summed E-state index contributed by atoms with van der Waals surface area (Å²) in [5.74, 6) is 2.64. The Labute approximate surface area is 144 Å². The first-order valence-electron chi connectivity index (χ1n) is 7.36. The fourth-order valence-electron chi connectivity index (χ4n) is 2.18. The van der Waals surface area contributed by atoms with Crippen LogP contribution >= 0.6 is 11.6 Å². The van der Waals surface area contributed by atoms with E-state index in [1.54, 1.807) is 25.5 Å². The lowest BCUT2D eigenvalue weighted by Crippen LogP contribution is -2.06. The number of nitrogens with zero attached hydrogens (tertiary/aromatic N) is 2. The van der Waals surface area contributed by atoms with Crippen LogP contribution < -0.4 is 15.4 Å². The lowest BCUT2D eigenvalue weighted by Gasteiger charge is -2.11. The minimum atomic E-state index is 0.518. The van der Waals surface area contributed by atoms with E-state index in [2.05, 4.69) is 20.6 Å². The van der Waals surface area contributed by atoms with E-state index in [1.807, 2.05) is 31.2 Å². The van der Waals surface area contributed by atoms with Gasteiger partial charge in [0.2, 0.25) is 5.95 Å². The zero-order valence-electron chi connectivity index (χ0n) is 13.3. The van der Waals surface area contributed by atoms with Gasteiger partial charge in [-0.25, -0.2) is 4.98 Å². The van der Waals surface area contributed by atoms with Gasteiger partial charge in [-0.1, -0.05) is 11.6 Å². The average Bonchev–Trinajstić information content (AvgIpc) is 3.06. The number of nitrogens with one attached hydrogen (secondary N) is 2. The second kappa shape index (κ2) is 7.23. The van der Waals surface area contributed by atoms with Gasteiger partial charge in [0, 0.05) is 17.4 Å². The molecule has 0 aliphatic carbocycles. The summed E-state index contributed by atoms with van der Waals surface area (Å²) in [5, 5.41) is 6.89. The maximum atomic E-state index is 6.14. The molecule has 2 aromatic heterocycles. The third-order valence-electron chi connectivity index (χ3n) is 3.28. The second-order valence-electron chi connectivity index (χ2n) is 5.13. The van der Waals surface area contributed by atoms with Crippen LogP contribution in [0.4, 0.5) is 17.5 Å². The van der Waals surface area contributed by atoms with Gasteiger partial charge in [0.25, 0.3) is 0 Å². The molecule has 2 heterocycles. The number of methoxy groups -OCH3 is 1. The molecule has 0 amide bonds. The van der Waals surface area contributed by atoms with Crippen molar-refractivity contribution in [1.82, 2.24) is 9.97 Å². The van der Waals surface area contributed by atoms with Crippen molar-refractivity contribution in [2.45, 2.75) is 13.5 Å². The van der Waals surface area contributed by atoms with E-state index < -0.39 is 0 Å². The molecule has 2 N–H and O–H groups in total. The van der Waals surface area contributed by atoms with Crippen LogP contribution in [0.3, 0.4) is 0 Å². The Kier molecular flexibility index (Phi) is 4.86. The van der Waals surface area contributed by atoms with Crippen molar-refractivity contribution >= 4 is 29.1 Å². The monoisotopic (exact) mass is 344 g/mol. The first-order valence-corrected chi connectivity index (χ1v) is 7.74. The number of furan rings is 1. The Balaban J connectivity index is 1.74. The molecule has 3 aromatic rings. The minimum Gasteiger partial charge on any atom is -0.495 e. The van der Waals surface area contributed by atoms with Gasteiger partial charge in [-0.3, -0.25) is 0 Å². The van der Waals surface area contributed by atoms with Crippen LogP contribution in [0.1, 0.15) is 11.5 Å². The first-order chi connectivity index (χ1) is 11.6. The van der Waals surface area contributed by atoms with Gasteiger partial charge < -0.3 is 19.8 Å². The lowest BCUT2D eigenvalue weighted by atomic mass is 10.3. The van der Waals surface area contributed by atoms with Crippen LogP contribution in [0.25, 0.3) is 0 Å². The number of hydrogen-bond donors (Lipinski definition) is 2. The van der Waals surface area contributed by atoms with Crippen molar-refractivity contribution in [2.75, 3.05) is 17.7 Å². The fourth-order valence-corrected chi connectivity index (χ4v) is 2.44. The average molecular weight is 345 g/mol. The van der Waals surface area contributed by atoms with Crippen LogP contribution in [0, 0.1) is 6.92 Å². The SMILES string of the molecule is COc1ccc(Nc2cc(C)nc(NCc3ccco3)n2)cc1Cl. The quantitative estimate of drug-likeness (QED) is 0.690. The predicted octanol–water partition coefficient (Wildman–Crippen LogP) is 4.40. The van der Waals surface area contributed by atoms with Gasteiger partial charge in [-0.2, -0.15) is 4.98 Å². The summed E-state index contributed by atoms with van der Waals surface area (Å²) >= 11 is 6.14. The zero-order valence-corrected chi connectivity index (χ0v) is 14.1. The van der Waals surface area contributed by atoms with Gasteiger partial charge in [0.05, 0.1) is 24.9 Å². The standard InChI is InChI=1S/C17H17ClN4O2/c1-11-8-16(21-12-5-6-15(23-2)14(18)9-12)22-17(20-11)19-10-13-4-3-7-24-13/h3-9H,10H2,1-2H3,(H2,19,20,21,22). The molecule has 7 heteroatoms. The van der Waals surface area contributed by atoms with E-state index in [1.165, 1.54) is 0 Å². The van der Waals surface area contributed by atoms with Crippen molar-refractivity contribution in [3.8, 4) is 5.75 Å². The molecule has 0 saturated carbocycles. The summed E-state index contributed by atoms with van der Waals surface area (Å²) in [6.07, 6.45) is 1.63. The highest BCUT2D eigenvalue weighted by molar-refractivity contribution is 6.32. The highest BCUT2D eigenvalue weighted by Crippen LogP contribution is 2.28. The molecule has 0 bridgehead atoms. The molecular weight excluding hydrogens is 328 g/mol. The van der Waals surface area contributed by atoms with Crippen molar-refractivity contribution < 1.29 is 9.15 Å². The number of rotatable bonds is 6. The Hall–Kier alpha value is -2.73. The topological polar surface area (TPSA) is 72.2 Å². The summed E-state index contributed by atoms with van der Waals surface area (Å²) in [5.41, 5.74) is 1.66. The van der Waals surface area contributed by atoms with Crippen LogP contribution in [0.5, 0.6) is 5.75 Å². The zero-order chi connectivity index (χ0) is 16.9. The molecule has 3 rings (SSSR count). The van der Waals surface area contributed by atoms with Gasteiger partial charge in [0.1, 0.15) is 17.3 Å². The van der Waals surface area contributed by atoms with E-state index in [4.69, 9.17) is 20.8 Å². The Morgan fingerprint density at radius 1 is 1.21 bits per heavy atom. The van der Waals surface area contributed by atoms with Crippen molar-refractivity contribution in [2.24, 2.45) is 0 Å². The smallest absolute Gasteiger partial charge is 0.225 e. The molecule has 0 atom stereocenters.